The average Bonchev–Trinajstić information content (AvgIpc) is 2.52. The predicted molar refractivity (Wildman–Crippen MR) is 46.4 cm³/mol. The van der Waals surface area contributed by atoms with Crippen molar-refractivity contribution in [1.82, 2.24) is 14.8 Å². The molecule has 5 heteroatoms. The number of aromatic nitrogens is 3. The molecule has 1 heterocycles. The lowest BCUT2D eigenvalue weighted by molar-refractivity contribution is 0.586. The SMILES string of the molecule is Cn1cnnc1-c1c(F)cccc1F. The van der Waals surface area contributed by atoms with Crippen LogP contribution in [0.4, 0.5) is 8.78 Å². The summed E-state index contributed by atoms with van der Waals surface area (Å²) < 4.78 is 28.0. The van der Waals surface area contributed by atoms with E-state index in [1.54, 1.807) is 7.05 Å². The summed E-state index contributed by atoms with van der Waals surface area (Å²) in [5, 5.41) is 7.20. The second-order valence-electron chi connectivity index (χ2n) is 2.86. The van der Waals surface area contributed by atoms with E-state index in [9.17, 15) is 8.78 Å². The largest absolute Gasteiger partial charge is 0.317 e. The van der Waals surface area contributed by atoms with E-state index < -0.39 is 11.6 Å². The summed E-state index contributed by atoms with van der Waals surface area (Å²) in [7, 11) is 1.63. The highest BCUT2D eigenvalue weighted by molar-refractivity contribution is 5.56. The van der Waals surface area contributed by atoms with Gasteiger partial charge in [0.1, 0.15) is 18.0 Å². The highest BCUT2D eigenvalue weighted by atomic mass is 19.1. The minimum absolute atomic E-state index is 0.146. The average molecular weight is 195 g/mol. The fourth-order valence-corrected chi connectivity index (χ4v) is 1.22. The van der Waals surface area contributed by atoms with E-state index in [1.165, 1.54) is 29.1 Å². The van der Waals surface area contributed by atoms with Crippen molar-refractivity contribution >= 4 is 0 Å². The van der Waals surface area contributed by atoms with E-state index >= 15 is 0 Å². The van der Waals surface area contributed by atoms with Crippen molar-refractivity contribution in [3.8, 4) is 11.4 Å². The van der Waals surface area contributed by atoms with Crippen molar-refractivity contribution in [3.05, 3.63) is 36.2 Å². The molecule has 0 fully saturated rings. The zero-order chi connectivity index (χ0) is 10.1. The van der Waals surface area contributed by atoms with E-state index in [0.29, 0.717) is 0 Å². The topological polar surface area (TPSA) is 30.7 Å². The van der Waals surface area contributed by atoms with Gasteiger partial charge in [-0.2, -0.15) is 0 Å². The Balaban J connectivity index is 2.68. The van der Waals surface area contributed by atoms with Crippen molar-refractivity contribution in [2.45, 2.75) is 0 Å². The molecule has 0 saturated carbocycles. The van der Waals surface area contributed by atoms with Gasteiger partial charge >= 0.3 is 0 Å². The maximum atomic E-state index is 13.3. The first-order chi connectivity index (χ1) is 6.70. The molecule has 0 aliphatic heterocycles. The van der Waals surface area contributed by atoms with Crippen LogP contribution in [-0.4, -0.2) is 14.8 Å². The first-order valence-electron chi connectivity index (χ1n) is 3.98. The maximum Gasteiger partial charge on any atom is 0.169 e. The van der Waals surface area contributed by atoms with Crippen molar-refractivity contribution < 1.29 is 8.78 Å². The zero-order valence-electron chi connectivity index (χ0n) is 7.41. The first-order valence-corrected chi connectivity index (χ1v) is 3.98. The standard InChI is InChI=1S/C9H7F2N3/c1-14-5-12-13-9(14)8-6(10)3-2-4-7(8)11/h2-5H,1H3. The van der Waals surface area contributed by atoms with Crippen LogP contribution in [0.3, 0.4) is 0 Å². The normalized spacial score (nSPS) is 10.5. The summed E-state index contributed by atoms with van der Waals surface area (Å²) >= 11 is 0. The molecule has 0 spiro atoms. The van der Waals surface area contributed by atoms with Crippen LogP contribution in [0.1, 0.15) is 0 Å². The molecule has 2 aromatic rings. The van der Waals surface area contributed by atoms with Gasteiger partial charge in [-0.3, -0.25) is 0 Å². The fourth-order valence-electron chi connectivity index (χ4n) is 1.22. The van der Waals surface area contributed by atoms with Crippen LogP contribution < -0.4 is 0 Å². The summed E-state index contributed by atoms with van der Waals surface area (Å²) in [6.45, 7) is 0. The van der Waals surface area contributed by atoms with Gasteiger partial charge in [0.25, 0.3) is 0 Å². The molecular weight excluding hydrogens is 188 g/mol. The van der Waals surface area contributed by atoms with Crippen LogP contribution >= 0.6 is 0 Å². The van der Waals surface area contributed by atoms with Crippen molar-refractivity contribution in [3.63, 3.8) is 0 Å². The predicted octanol–water partition coefficient (Wildman–Crippen LogP) is 1.76. The molecule has 0 saturated heterocycles. The van der Waals surface area contributed by atoms with E-state index in [4.69, 9.17) is 0 Å². The molecule has 1 aromatic carbocycles. The molecule has 0 bridgehead atoms. The Labute approximate surface area is 79.0 Å². The molecule has 0 aliphatic carbocycles. The minimum Gasteiger partial charge on any atom is -0.317 e. The Bertz CT molecular complexity index is 445. The summed E-state index contributed by atoms with van der Waals surface area (Å²) in [6, 6.07) is 3.69. The monoisotopic (exact) mass is 195 g/mol. The van der Waals surface area contributed by atoms with Gasteiger partial charge in [0.2, 0.25) is 0 Å². The number of aryl methyl sites for hydroxylation is 1. The number of halogens is 2. The summed E-state index contributed by atoms with van der Waals surface area (Å²) in [5.41, 5.74) is -0.146. The van der Waals surface area contributed by atoms with Gasteiger partial charge in [-0.05, 0) is 12.1 Å². The molecule has 0 radical (unpaired) electrons. The number of nitrogens with zero attached hydrogens (tertiary/aromatic N) is 3. The first kappa shape index (κ1) is 8.80. The van der Waals surface area contributed by atoms with Crippen LogP contribution in [0.2, 0.25) is 0 Å². The lowest BCUT2D eigenvalue weighted by Gasteiger charge is -2.02. The molecule has 0 amide bonds. The van der Waals surface area contributed by atoms with E-state index in [0.717, 1.165) is 0 Å². The Morgan fingerprint density at radius 3 is 2.36 bits per heavy atom. The lowest BCUT2D eigenvalue weighted by atomic mass is 10.2. The van der Waals surface area contributed by atoms with Gasteiger partial charge in [0.05, 0.1) is 5.56 Å². The number of hydrogen-bond acceptors (Lipinski definition) is 2. The third-order valence-electron chi connectivity index (χ3n) is 1.90. The zero-order valence-corrected chi connectivity index (χ0v) is 7.41. The second-order valence-corrected chi connectivity index (χ2v) is 2.86. The highest BCUT2D eigenvalue weighted by Crippen LogP contribution is 2.22. The van der Waals surface area contributed by atoms with Crippen LogP contribution in [0, 0.1) is 11.6 Å². The molecule has 1 aromatic heterocycles. The molecule has 14 heavy (non-hydrogen) atoms. The molecule has 0 aliphatic rings. The van der Waals surface area contributed by atoms with Crippen LogP contribution in [0.25, 0.3) is 11.4 Å². The molecule has 0 atom stereocenters. The third-order valence-corrected chi connectivity index (χ3v) is 1.90. The van der Waals surface area contributed by atoms with E-state index in [1.807, 2.05) is 0 Å². The van der Waals surface area contributed by atoms with E-state index in [2.05, 4.69) is 10.2 Å². The van der Waals surface area contributed by atoms with Crippen LogP contribution in [0.15, 0.2) is 24.5 Å². The van der Waals surface area contributed by atoms with Gasteiger partial charge in [-0.1, -0.05) is 6.07 Å². The second kappa shape index (κ2) is 3.17. The lowest BCUT2D eigenvalue weighted by Crippen LogP contribution is -1.97. The fraction of sp³-hybridized carbons (Fsp3) is 0.111. The van der Waals surface area contributed by atoms with Crippen molar-refractivity contribution in [1.29, 1.82) is 0 Å². The van der Waals surface area contributed by atoms with E-state index in [-0.39, 0.29) is 11.4 Å². The number of benzene rings is 1. The van der Waals surface area contributed by atoms with Crippen LogP contribution in [-0.2, 0) is 7.05 Å². The Hall–Kier alpha value is -1.78. The molecule has 3 nitrogen and oxygen atoms in total. The third kappa shape index (κ3) is 1.26. The summed E-state index contributed by atoms with van der Waals surface area (Å²) in [5.74, 6) is -1.09. The maximum absolute atomic E-state index is 13.3. The van der Waals surface area contributed by atoms with Crippen molar-refractivity contribution in [2.24, 2.45) is 7.05 Å². The summed E-state index contributed by atoms with van der Waals surface area (Å²) in [4.78, 5) is 0. The molecule has 0 N–H and O–H groups in total. The Kier molecular flexibility index (Phi) is 1.99. The number of hydrogen-bond donors (Lipinski definition) is 0. The molecule has 0 unspecified atom stereocenters. The molecule has 2 rings (SSSR count). The van der Waals surface area contributed by atoms with Gasteiger partial charge in [0.15, 0.2) is 5.82 Å². The Morgan fingerprint density at radius 1 is 1.21 bits per heavy atom. The van der Waals surface area contributed by atoms with Crippen LogP contribution in [0.5, 0.6) is 0 Å². The highest BCUT2D eigenvalue weighted by Gasteiger charge is 2.14. The number of rotatable bonds is 1. The van der Waals surface area contributed by atoms with Gasteiger partial charge < -0.3 is 4.57 Å². The molecule has 72 valence electrons. The Morgan fingerprint density at radius 2 is 1.86 bits per heavy atom. The minimum atomic E-state index is -0.638. The van der Waals surface area contributed by atoms with Gasteiger partial charge in [0, 0.05) is 7.05 Å². The molecular formula is C9H7F2N3. The van der Waals surface area contributed by atoms with Crippen molar-refractivity contribution in [2.75, 3.05) is 0 Å². The summed E-state index contributed by atoms with van der Waals surface area (Å²) in [6.07, 6.45) is 1.39. The quantitative estimate of drug-likeness (QED) is 0.694. The van der Waals surface area contributed by atoms with Gasteiger partial charge in [-0.25, -0.2) is 8.78 Å². The van der Waals surface area contributed by atoms with Gasteiger partial charge in [-0.15, -0.1) is 10.2 Å². The smallest absolute Gasteiger partial charge is 0.169 e.